The van der Waals surface area contributed by atoms with Crippen LogP contribution in [0.2, 0.25) is 0 Å². The second-order valence-electron chi connectivity index (χ2n) is 2.99. The molecule has 0 unspecified atom stereocenters. The van der Waals surface area contributed by atoms with E-state index < -0.39 is 0 Å². The Balaban J connectivity index is 0.00000169. The summed E-state index contributed by atoms with van der Waals surface area (Å²) in [6.07, 6.45) is 0.585. The molecule has 1 aromatic rings. The van der Waals surface area contributed by atoms with Gasteiger partial charge in [-0.15, -0.1) is 23.6 Å². The van der Waals surface area contributed by atoms with Crippen LogP contribution in [-0.4, -0.2) is 5.71 Å². The Morgan fingerprint density at radius 3 is 2.57 bits per heavy atom. The molecule has 0 aliphatic heterocycles. The number of hydrazone groups is 1. The Morgan fingerprint density at radius 1 is 1.50 bits per heavy atom. The molecule has 1 rings (SSSR count). The van der Waals surface area contributed by atoms with Crippen LogP contribution in [-0.2, 0) is 32.7 Å². The van der Waals surface area contributed by atoms with E-state index in [1.807, 2.05) is 25.1 Å². The van der Waals surface area contributed by atoms with Crippen LogP contribution in [0.5, 0.6) is 0 Å². The summed E-state index contributed by atoms with van der Waals surface area (Å²) in [5, 5.41) is 3.68. The van der Waals surface area contributed by atoms with Crippen LogP contribution in [0.4, 0.5) is 0 Å². The van der Waals surface area contributed by atoms with Crippen LogP contribution >= 0.6 is 0 Å². The van der Waals surface area contributed by atoms with Gasteiger partial charge < -0.3 is 12.8 Å². The summed E-state index contributed by atoms with van der Waals surface area (Å²) in [6, 6.07) is 6.01. The zero-order chi connectivity index (χ0) is 9.84. The Morgan fingerprint density at radius 2 is 2.14 bits per heavy atom. The minimum atomic E-state index is 0. The Hall–Kier alpha value is -0.336. The molecule has 1 aromatic carbocycles. The molecule has 0 fully saturated rings. The molecule has 73 valence electrons. The quantitative estimate of drug-likeness (QED) is 0.377. The summed E-state index contributed by atoms with van der Waals surface area (Å²) in [5.41, 5.74) is 3.93. The van der Waals surface area contributed by atoms with Crippen molar-refractivity contribution < 1.29 is 32.7 Å². The first-order chi connectivity index (χ1) is 6.19. The van der Waals surface area contributed by atoms with Crippen LogP contribution in [0.25, 0.3) is 0 Å². The van der Waals surface area contributed by atoms with Gasteiger partial charge in [-0.3, -0.25) is 0 Å². The molecule has 0 aromatic heterocycles. The molecule has 0 saturated carbocycles. The Bertz CT molecular complexity index is 332. The average Bonchev–Trinajstić information content (AvgIpc) is 2.10. The second-order valence-corrected chi connectivity index (χ2v) is 2.99. The summed E-state index contributed by atoms with van der Waals surface area (Å²) in [7, 11) is 0. The number of nitrogens with zero attached hydrogens (tertiary/aromatic N) is 1. The fourth-order valence-corrected chi connectivity index (χ4v) is 1.27. The van der Waals surface area contributed by atoms with E-state index in [2.05, 4.69) is 18.9 Å². The summed E-state index contributed by atoms with van der Waals surface area (Å²) in [4.78, 5) is 0. The van der Waals surface area contributed by atoms with Gasteiger partial charge in [0.2, 0.25) is 0 Å². The molecule has 0 atom stereocenters. The first kappa shape index (κ1) is 13.7. The van der Waals surface area contributed by atoms with Crippen LogP contribution < -0.4 is 5.84 Å². The molecule has 3 heteroatoms. The van der Waals surface area contributed by atoms with Crippen molar-refractivity contribution in [1.29, 1.82) is 0 Å². The summed E-state index contributed by atoms with van der Waals surface area (Å²) >= 11 is 0. The van der Waals surface area contributed by atoms with Gasteiger partial charge in [-0.25, -0.2) is 5.10 Å². The third-order valence-corrected chi connectivity index (χ3v) is 1.96. The molecule has 1 radical (unpaired) electrons. The van der Waals surface area contributed by atoms with Gasteiger partial charge in [0.15, 0.2) is 0 Å². The van der Waals surface area contributed by atoms with Crippen molar-refractivity contribution in [1.82, 2.24) is 0 Å². The van der Waals surface area contributed by atoms with E-state index in [1.54, 1.807) is 0 Å². The molecule has 0 aliphatic carbocycles. The van der Waals surface area contributed by atoms with E-state index in [-0.39, 0.29) is 32.7 Å². The molecular weight excluding hydrogens is 249 g/mol. The maximum absolute atomic E-state index is 5.24. The molecule has 0 heterocycles. The Kier molecular flexibility index (Phi) is 6.06. The third-order valence-electron chi connectivity index (χ3n) is 1.96. The SMILES string of the molecule is [CH2-]C/C(=N\N)c1ccc(C)cc1[CH2-].[Y]. The van der Waals surface area contributed by atoms with Crippen LogP contribution in [0.3, 0.4) is 0 Å². The van der Waals surface area contributed by atoms with Crippen molar-refractivity contribution in [3.63, 3.8) is 0 Å². The van der Waals surface area contributed by atoms with Gasteiger partial charge in [-0.05, 0) is 5.71 Å². The number of hydrogen-bond acceptors (Lipinski definition) is 2. The number of benzene rings is 1. The number of rotatable bonds is 2. The molecule has 0 spiro atoms. The summed E-state index contributed by atoms with van der Waals surface area (Å²) in [5.74, 6) is 5.24. The first-order valence-electron chi connectivity index (χ1n) is 4.18. The van der Waals surface area contributed by atoms with Gasteiger partial charge in [0, 0.05) is 32.7 Å². The van der Waals surface area contributed by atoms with Crippen molar-refractivity contribution in [2.45, 2.75) is 13.3 Å². The van der Waals surface area contributed by atoms with E-state index in [9.17, 15) is 0 Å². The van der Waals surface area contributed by atoms with Crippen LogP contribution in [0.15, 0.2) is 23.3 Å². The van der Waals surface area contributed by atoms with Gasteiger partial charge in [-0.2, -0.15) is 18.6 Å². The zero-order valence-corrected chi connectivity index (χ0v) is 11.3. The third kappa shape index (κ3) is 3.11. The normalized spacial score (nSPS) is 10.9. The topological polar surface area (TPSA) is 38.4 Å². The fourth-order valence-electron chi connectivity index (χ4n) is 1.27. The van der Waals surface area contributed by atoms with Gasteiger partial charge >= 0.3 is 0 Å². The Labute approximate surface area is 111 Å². The van der Waals surface area contributed by atoms with E-state index >= 15 is 0 Å². The van der Waals surface area contributed by atoms with E-state index in [1.165, 1.54) is 5.56 Å². The number of nitrogens with two attached hydrogens (primary N) is 1. The van der Waals surface area contributed by atoms with Crippen molar-refractivity contribution in [2.24, 2.45) is 10.9 Å². The molecule has 0 aliphatic rings. The monoisotopic (exact) mass is 263 g/mol. The minimum Gasteiger partial charge on any atom is -0.339 e. The summed E-state index contributed by atoms with van der Waals surface area (Å²) < 4.78 is 0. The molecule has 0 amide bonds. The molecule has 2 nitrogen and oxygen atoms in total. The maximum Gasteiger partial charge on any atom is 0 e. The van der Waals surface area contributed by atoms with Gasteiger partial charge in [0.1, 0.15) is 0 Å². The largest absolute Gasteiger partial charge is 0.339 e. The van der Waals surface area contributed by atoms with Crippen molar-refractivity contribution >= 4 is 5.71 Å². The molecular formula is C11H14N2Y-2. The van der Waals surface area contributed by atoms with Gasteiger partial charge in [0.25, 0.3) is 0 Å². The minimum absolute atomic E-state index is 0. The second kappa shape index (κ2) is 6.20. The zero-order valence-electron chi connectivity index (χ0n) is 8.46. The smallest absolute Gasteiger partial charge is 0 e. The van der Waals surface area contributed by atoms with Crippen LogP contribution in [0, 0.1) is 20.8 Å². The van der Waals surface area contributed by atoms with E-state index in [0.717, 1.165) is 16.8 Å². The summed E-state index contributed by atoms with van der Waals surface area (Å²) in [6.45, 7) is 9.72. The van der Waals surface area contributed by atoms with E-state index in [4.69, 9.17) is 5.84 Å². The average molecular weight is 263 g/mol. The van der Waals surface area contributed by atoms with Gasteiger partial charge in [0.05, 0.1) is 0 Å². The maximum atomic E-state index is 5.24. The first-order valence-corrected chi connectivity index (χ1v) is 4.18. The molecule has 0 bridgehead atoms. The fraction of sp³-hybridized carbons (Fsp3) is 0.182. The standard InChI is InChI=1S/C11H14N2.Y/c1-4-11(13-12)10-6-5-8(2)7-9(10)3;/h5-7H,1,3-4,12H2,2H3;/q-2;/b13-11+;. The van der Waals surface area contributed by atoms with E-state index in [0.29, 0.717) is 6.42 Å². The number of hydrogen-bond donors (Lipinski definition) is 1. The van der Waals surface area contributed by atoms with Crippen molar-refractivity contribution in [2.75, 3.05) is 0 Å². The predicted molar refractivity (Wildman–Crippen MR) is 56.3 cm³/mol. The molecule has 2 N–H and O–H groups in total. The molecule has 0 saturated heterocycles. The van der Waals surface area contributed by atoms with Gasteiger partial charge in [-0.1, -0.05) is 13.0 Å². The van der Waals surface area contributed by atoms with Crippen LogP contribution in [0.1, 0.15) is 23.1 Å². The van der Waals surface area contributed by atoms with Crippen molar-refractivity contribution in [3.05, 3.63) is 48.7 Å². The predicted octanol–water partition coefficient (Wildman–Crippen LogP) is 2.06. The molecule has 14 heavy (non-hydrogen) atoms. The van der Waals surface area contributed by atoms with Crippen molar-refractivity contribution in [3.8, 4) is 0 Å². The number of aryl methyl sites for hydroxylation is 1.